The number of H-pyrrole nitrogens is 1. The Balaban J connectivity index is 2.22. The van der Waals surface area contributed by atoms with Crippen LogP contribution >= 0.6 is 28.1 Å². The molecule has 0 aliphatic rings. The Labute approximate surface area is 128 Å². The van der Waals surface area contributed by atoms with Crippen molar-refractivity contribution in [2.45, 2.75) is 6.54 Å². The van der Waals surface area contributed by atoms with E-state index in [1.165, 1.54) is 11.0 Å². The molecule has 1 heterocycles. The molecule has 0 saturated carbocycles. The molecule has 2 N–H and O–H groups in total. The Kier molecular flexibility index (Phi) is 4.44. The maximum Gasteiger partial charge on any atom is 0.316 e. The van der Waals surface area contributed by atoms with Crippen LogP contribution in [-0.2, 0) is 6.54 Å². The molecule has 20 heavy (non-hydrogen) atoms. The molecule has 2 aromatic rings. The number of carbonyl (C=O) groups excluding carboxylic acids is 1. The number of urea groups is 1. The highest BCUT2D eigenvalue weighted by Gasteiger charge is 2.09. The van der Waals surface area contributed by atoms with Crippen LogP contribution in [0.25, 0.3) is 11.0 Å². The minimum Gasteiger partial charge on any atom is -0.336 e. The van der Waals surface area contributed by atoms with E-state index in [0.717, 1.165) is 5.52 Å². The molecule has 1 aromatic carbocycles. The van der Waals surface area contributed by atoms with Gasteiger partial charge in [0.15, 0.2) is 4.77 Å². The van der Waals surface area contributed by atoms with Crippen molar-refractivity contribution < 1.29 is 9.18 Å². The van der Waals surface area contributed by atoms with Gasteiger partial charge in [0.05, 0.1) is 15.5 Å². The van der Waals surface area contributed by atoms with Gasteiger partial charge in [-0.15, -0.1) is 0 Å². The second-order valence-electron chi connectivity index (χ2n) is 4.49. The molecule has 8 heteroatoms. The van der Waals surface area contributed by atoms with Crippen LogP contribution in [0.5, 0.6) is 0 Å². The van der Waals surface area contributed by atoms with Crippen LogP contribution in [-0.4, -0.2) is 41.1 Å². The molecule has 108 valence electrons. The first kappa shape index (κ1) is 15.0. The average molecular weight is 361 g/mol. The molecular weight excluding hydrogens is 347 g/mol. The number of halogens is 2. The third kappa shape index (κ3) is 3.01. The first-order chi connectivity index (χ1) is 9.40. The van der Waals surface area contributed by atoms with Gasteiger partial charge in [0.25, 0.3) is 0 Å². The van der Waals surface area contributed by atoms with Crippen molar-refractivity contribution >= 4 is 45.2 Å². The van der Waals surface area contributed by atoms with Gasteiger partial charge in [0.1, 0.15) is 5.82 Å². The van der Waals surface area contributed by atoms with E-state index in [1.807, 2.05) is 0 Å². The van der Waals surface area contributed by atoms with E-state index in [-0.39, 0.29) is 11.8 Å². The molecule has 1 aromatic heterocycles. The van der Waals surface area contributed by atoms with Crippen molar-refractivity contribution in [2.24, 2.45) is 0 Å². The van der Waals surface area contributed by atoms with Crippen molar-refractivity contribution in [3.63, 3.8) is 0 Å². The molecular formula is C12H14BrFN4OS. The second kappa shape index (κ2) is 5.92. The minimum absolute atomic E-state index is 0.176. The minimum atomic E-state index is -0.349. The number of hydrogen-bond donors (Lipinski definition) is 2. The van der Waals surface area contributed by atoms with E-state index in [9.17, 15) is 9.18 Å². The fourth-order valence-corrected chi connectivity index (χ4v) is 2.45. The number of imidazole rings is 1. The average Bonchev–Trinajstić information content (AvgIpc) is 2.66. The van der Waals surface area contributed by atoms with Crippen LogP contribution in [0, 0.1) is 10.6 Å². The lowest BCUT2D eigenvalue weighted by Gasteiger charge is -2.12. The molecule has 2 rings (SSSR count). The number of benzene rings is 1. The Hall–Kier alpha value is -1.41. The van der Waals surface area contributed by atoms with Crippen molar-refractivity contribution in [3.05, 3.63) is 27.2 Å². The van der Waals surface area contributed by atoms with Gasteiger partial charge in [-0.05, 0) is 34.2 Å². The summed E-state index contributed by atoms with van der Waals surface area (Å²) in [5.74, 6) is -0.349. The van der Waals surface area contributed by atoms with Crippen LogP contribution in [0.2, 0.25) is 0 Å². The molecule has 0 aliphatic carbocycles. The van der Waals surface area contributed by atoms with Crippen molar-refractivity contribution in [3.8, 4) is 0 Å². The lowest BCUT2D eigenvalue weighted by Crippen LogP contribution is -2.36. The van der Waals surface area contributed by atoms with Crippen LogP contribution in [0.3, 0.4) is 0 Å². The Bertz CT molecular complexity index is 709. The quantitative estimate of drug-likeness (QED) is 0.826. The zero-order valence-electron chi connectivity index (χ0n) is 11.0. The van der Waals surface area contributed by atoms with Crippen LogP contribution in [0.4, 0.5) is 9.18 Å². The van der Waals surface area contributed by atoms with Gasteiger partial charge in [-0.1, -0.05) is 0 Å². The van der Waals surface area contributed by atoms with Crippen LogP contribution in [0.15, 0.2) is 16.6 Å². The maximum atomic E-state index is 13.6. The zero-order valence-corrected chi connectivity index (χ0v) is 13.4. The molecule has 0 atom stereocenters. The Morgan fingerprint density at radius 1 is 1.55 bits per heavy atom. The van der Waals surface area contributed by atoms with Crippen LogP contribution < -0.4 is 5.32 Å². The highest BCUT2D eigenvalue weighted by Crippen LogP contribution is 2.23. The summed E-state index contributed by atoms with van der Waals surface area (Å²) in [6, 6.07) is 2.89. The summed E-state index contributed by atoms with van der Waals surface area (Å²) in [6.45, 7) is 0.884. The summed E-state index contributed by atoms with van der Waals surface area (Å²) in [7, 11) is 3.33. The third-order valence-corrected chi connectivity index (χ3v) is 3.76. The predicted octanol–water partition coefficient (Wildman–Crippen LogP) is 2.87. The summed E-state index contributed by atoms with van der Waals surface area (Å²) in [5, 5.41) is 2.74. The van der Waals surface area contributed by atoms with Gasteiger partial charge in [-0.2, -0.15) is 0 Å². The van der Waals surface area contributed by atoms with E-state index >= 15 is 0 Å². The first-order valence-electron chi connectivity index (χ1n) is 5.93. The normalized spacial score (nSPS) is 10.8. The monoisotopic (exact) mass is 360 g/mol. The summed E-state index contributed by atoms with van der Waals surface area (Å²) in [4.78, 5) is 15.9. The molecule has 5 nitrogen and oxygen atoms in total. The second-order valence-corrected chi connectivity index (χ2v) is 5.73. The van der Waals surface area contributed by atoms with E-state index in [1.54, 1.807) is 24.7 Å². The number of nitrogens with one attached hydrogen (secondary N) is 2. The largest absolute Gasteiger partial charge is 0.336 e. The lowest BCUT2D eigenvalue weighted by molar-refractivity contribution is 0.217. The van der Waals surface area contributed by atoms with Crippen molar-refractivity contribution in [1.29, 1.82) is 0 Å². The zero-order chi connectivity index (χ0) is 14.9. The highest BCUT2D eigenvalue weighted by atomic mass is 79.9. The molecule has 0 radical (unpaired) electrons. The number of amides is 2. The van der Waals surface area contributed by atoms with E-state index in [0.29, 0.717) is 27.8 Å². The lowest BCUT2D eigenvalue weighted by atomic mass is 10.3. The van der Waals surface area contributed by atoms with E-state index < -0.39 is 0 Å². The van der Waals surface area contributed by atoms with Crippen molar-refractivity contribution in [1.82, 2.24) is 19.8 Å². The Morgan fingerprint density at radius 2 is 2.25 bits per heavy atom. The summed E-state index contributed by atoms with van der Waals surface area (Å²) >= 11 is 8.35. The number of carbonyl (C=O) groups is 1. The van der Waals surface area contributed by atoms with Gasteiger partial charge in [0, 0.05) is 33.3 Å². The van der Waals surface area contributed by atoms with Gasteiger partial charge in [-0.25, -0.2) is 9.18 Å². The SMILES string of the molecule is CN(C)C(=O)NCCn1c(=S)[nH]c2cc(Br)c(F)cc21. The molecule has 2 amide bonds. The smallest absolute Gasteiger partial charge is 0.316 e. The molecule has 0 spiro atoms. The Morgan fingerprint density at radius 3 is 2.90 bits per heavy atom. The van der Waals surface area contributed by atoms with Crippen LogP contribution in [0.1, 0.15) is 0 Å². The number of fused-ring (bicyclic) bond motifs is 1. The number of nitrogens with zero attached hydrogens (tertiary/aromatic N) is 2. The third-order valence-electron chi connectivity index (χ3n) is 2.83. The molecule has 0 unspecified atom stereocenters. The van der Waals surface area contributed by atoms with Gasteiger partial charge < -0.3 is 19.8 Å². The standard InChI is InChI=1S/C12H14BrFN4OS/c1-17(2)11(19)15-3-4-18-10-6-8(14)7(13)5-9(10)16-12(18)20/h5-6H,3-4H2,1-2H3,(H,15,19)(H,16,20). The van der Waals surface area contributed by atoms with E-state index in [4.69, 9.17) is 12.2 Å². The van der Waals surface area contributed by atoms with Gasteiger partial charge in [-0.3, -0.25) is 0 Å². The summed E-state index contributed by atoms with van der Waals surface area (Å²) in [5.41, 5.74) is 1.43. The van der Waals surface area contributed by atoms with Gasteiger partial charge in [0.2, 0.25) is 0 Å². The maximum absolute atomic E-state index is 13.6. The fourth-order valence-electron chi connectivity index (χ4n) is 1.81. The first-order valence-corrected chi connectivity index (χ1v) is 7.13. The topological polar surface area (TPSA) is 53.1 Å². The predicted molar refractivity (Wildman–Crippen MR) is 81.9 cm³/mol. The number of hydrogen-bond acceptors (Lipinski definition) is 2. The molecule has 0 saturated heterocycles. The molecule has 0 aliphatic heterocycles. The number of aromatic nitrogens is 2. The number of aromatic amines is 1. The van der Waals surface area contributed by atoms with E-state index in [2.05, 4.69) is 26.2 Å². The molecule has 0 fully saturated rings. The summed E-state index contributed by atoms with van der Waals surface area (Å²) in [6.07, 6.45) is 0. The molecule has 0 bridgehead atoms. The van der Waals surface area contributed by atoms with Crippen molar-refractivity contribution in [2.75, 3.05) is 20.6 Å². The highest BCUT2D eigenvalue weighted by molar-refractivity contribution is 9.10. The van der Waals surface area contributed by atoms with Gasteiger partial charge >= 0.3 is 6.03 Å². The summed E-state index contributed by atoms with van der Waals surface area (Å²) < 4.78 is 16.3. The number of rotatable bonds is 3. The fraction of sp³-hybridized carbons (Fsp3) is 0.333.